The van der Waals surface area contributed by atoms with Crippen molar-refractivity contribution in [2.45, 2.75) is 32.2 Å². The zero-order valence-electron chi connectivity index (χ0n) is 19.7. The van der Waals surface area contributed by atoms with E-state index in [9.17, 15) is 14.4 Å². The molecule has 3 N–H and O–H groups in total. The van der Waals surface area contributed by atoms with Gasteiger partial charge in [-0.2, -0.15) is 0 Å². The molecule has 0 spiro atoms. The van der Waals surface area contributed by atoms with Crippen LogP contribution in [0.2, 0.25) is 0 Å². The highest BCUT2D eigenvalue weighted by Gasteiger charge is 2.44. The molecule has 3 amide bonds. The molecule has 2 heterocycles. The molecule has 2 aliphatic rings. The second kappa shape index (κ2) is 10.8. The number of imide groups is 1. The molecule has 0 bridgehead atoms. The molecule has 2 fully saturated rings. The number of amides is 3. The van der Waals surface area contributed by atoms with Crippen LogP contribution < -0.4 is 25.8 Å². The minimum Gasteiger partial charge on any atom is -0.497 e. The molecule has 0 unspecified atom stereocenters. The highest BCUT2D eigenvalue weighted by molar-refractivity contribution is 7.80. The van der Waals surface area contributed by atoms with Crippen molar-refractivity contribution in [2.75, 3.05) is 30.4 Å². The number of piperidine rings is 1. The molecule has 4 rings (SSSR count). The maximum Gasteiger partial charge on any atom is 0.251 e. The summed E-state index contributed by atoms with van der Waals surface area (Å²) in [6.07, 6.45) is 1.57. The van der Waals surface area contributed by atoms with Crippen molar-refractivity contribution < 1.29 is 19.1 Å². The SMILES string of the molecule is COc1cccc(NC(=S)NNC(=O)[C@H]2CCCN([C@H]3CC(=O)N(c4cccc(C)c4)C3=O)C2)c1. The maximum atomic E-state index is 13.2. The molecule has 2 aromatic rings. The first-order valence-corrected chi connectivity index (χ1v) is 11.9. The summed E-state index contributed by atoms with van der Waals surface area (Å²) in [5, 5.41) is 3.23. The molecule has 0 saturated carbocycles. The van der Waals surface area contributed by atoms with E-state index in [1.807, 2.05) is 48.2 Å². The Bertz CT molecular complexity index is 1140. The lowest BCUT2D eigenvalue weighted by Crippen LogP contribution is -2.52. The number of methoxy groups -OCH3 is 1. The Morgan fingerprint density at radius 3 is 2.69 bits per heavy atom. The standard InChI is InChI=1S/C25H29N5O4S/c1-16-6-3-9-19(12-16)30-22(31)14-21(24(30)33)29-11-5-7-17(15-29)23(32)27-28-25(35)26-18-8-4-10-20(13-18)34-2/h3-4,6,8-10,12-13,17,21H,5,7,11,14-15H2,1-2H3,(H,27,32)(H2,26,28,35)/t17-,21-/m0/s1. The van der Waals surface area contributed by atoms with Crippen LogP contribution in [0.15, 0.2) is 48.5 Å². The van der Waals surface area contributed by atoms with Gasteiger partial charge in [0.25, 0.3) is 5.91 Å². The van der Waals surface area contributed by atoms with Crippen molar-refractivity contribution in [3.63, 3.8) is 0 Å². The largest absolute Gasteiger partial charge is 0.497 e. The lowest BCUT2D eigenvalue weighted by molar-refractivity contribution is -0.130. The number of hydrogen-bond acceptors (Lipinski definition) is 6. The Hall–Kier alpha value is -3.50. The molecular weight excluding hydrogens is 466 g/mol. The summed E-state index contributed by atoms with van der Waals surface area (Å²) in [5.74, 6) is -0.301. The van der Waals surface area contributed by atoms with Gasteiger partial charge >= 0.3 is 0 Å². The van der Waals surface area contributed by atoms with Gasteiger partial charge in [0.1, 0.15) is 5.75 Å². The second-order valence-corrected chi connectivity index (χ2v) is 9.17. The predicted molar refractivity (Wildman–Crippen MR) is 137 cm³/mol. The Balaban J connectivity index is 1.32. The zero-order valence-corrected chi connectivity index (χ0v) is 20.6. The number of nitrogens with one attached hydrogen (secondary N) is 3. The minimum absolute atomic E-state index is 0.119. The van der Waals surface area contributed by atoms with Crippen molar-refractivity contribution in [3.05, 3.63) is 54.1 Å². The summed E-state index contributed by atoms with van der Waals surface area (Å²) >= 11 is 5.27. The first kappa shape index (κ1) is 24.6. The third-order valence-corrected chi connectivity index (χ3v) is 6.48. The monoisotopic (exact) mass is 495 g/mol. The number of likely N-dealkylation sites (tertiary alicyclic amines) is 1. The average Bonchev–Trinajstić information content (AvgIpc) is 3.16. The number of benzene rings is 2. The van der Waals surface area contributed by atoms with Crippen LogP contribution in [0.1, 0.15) is 24.8 Å². The number of carbonyl (C=O) groups is 3. The number of aryl methyl sites for hydroxylation is 1. The molecule has 10 heteroatoms. The van der Waals surface area contributed by atoms with E-state index < -0.39 is 6.04 Å². The number of thiocarbonyl (C=S) groups is 1. The number of hydrazine groups is 1. The summed E-state index contributed by atoms with van der Waals surface area (Å²) in [4.78, 5) is 41.9. The van der Waals surface area contributed by atoms with E-state index in [2.05, 4.69) is 16.2 Å². The highest BCUT2D eigenvalue weighted by atomic mass is 32.1. The van der Waals surface area contributed by atoms with E-state index in [4.69, 9.17) is 17.0 Å². The molecule has 2 saturated heterocycles. The van der Waals surface area contributed by atoms with Gasteiger partial charge in [0.15, 0.2) is 5.11 Å². The van der Waals surface area contributed by atoms with Gasteiger partial charge in [-0.1, -0.05) is 18.2 Å². The topological polar surface area (TPSA) is 103 Å². The smallest absolute Gasteiger partial charge is 0.251 e. The Morgan fingerprint density at radius 1 is 1.11 bits per heavy atom. The number of anilines is 2. The van der Waals surface area contributed by atoms with Crippen LogP contribution in [-0.2, 0) is 14.4 Å². The van der Waals surface area contributed by atoms with Crippen LogP contribution in [0.5, 0.6) is 5.75 Å². The first-order valence-electron chi connectivity index (χ1n) is 11.5. The molecule has 2 aromatic carbocycles. The fourth-order valence-electron chi connectivity index (χ4n) is 4.53. The Labute approximate surface area is 209 Å². The average molecular weight is 496 g/mol. The second-order valence-electron chi connectivity index (χ2n) is 8.76. The van der Waals surface area contributed by atoms with Crippen molar-refractivity contribution in [2.24, 2.45) is 5.92 Å². The molecule has 0 aromatic heterocycles. The molecule has 184 valence electrons. The maximum absolute atomic E-state index is 13.2. The highest BCUT2D eigenvalue weighted by Crippen LogP contribution is 2.29. The molecular formula is C25H29N5O4S. The molecule has 9 nitrogen and oxygen atoms in total. The van der Waals surface area contributed by atoms with Crippen molar-refractivity contribution in [1.82, 2.24) is 15.8 Å². The number of ether oxygens (including phenoxy) is 1. The van der Waals surface area contributed by atoms with E-state index in [0.29, 0.717) is 30.9 Å². The molecule has 0 radical (unpaired) electrons. The van der Waals surface area contributed by atoms with Crippen LogP contribution in [0.4, 0.5) is 11.4 Å². The van der Waals surface area contributed by atoms with E-state index >= 15 is 0 Å². The lowest BCUT2D eigenvalue weighted by atomic mass is 9.95. The number of nitrogens with zero attached hydrogens (tertiary/aromatic N) is 2. The summed E-state index contributed by atoms with van der Waals surface area (Å²) in [7, 11) is 1.58. The zero-order chi connectivity index (χ0) is 24.9. The van der Waals surface area contributed by atoms with E-state index in [1.165, 1.54) is 4.90 Å². The number of rotatable bonds is 5. The van der Waals surface area contributed by atoms with Crippen molar-refractivity contribution >= 4 is 46.4 Å². The van der Waals surface area contributed by atoms with Gasteiger partial charge in [-0.15, -0.1) is 0 Å². The van der Waals surface area contributed by atoms with Gasteiger partial charge in [-0.3, -0.25) is 30.1 Å². The van der Waals surface area contributed by atoms with Gasteiger partial charge in [-0.25, -0.2) is 4.90 Å². The van der Waals surface area contributed by atoms with Crippen LogP contribution in [0.3, 0.4) is 0 Å². The molecule has 35 heavy (non-hydrogen) atoms. The summed E-state index contributed by atoms with van der Waals surface area (Å²) in [6.45, 7) is 2.99. The number of hydrogen-bond donors (Lipinski definition) is 3. The van der Waals surface area contributed by atoms with Gasteiger partial charge < -0.3 is 10.1 Å². The van der Waals surface area contributed by atoms with Crippen molar-refractivity contribution in [3.8, 4) is 5.75 Å². The predicted octanol–water partition coefficient (Wildman–Crippen LogP) is 2.37. The summed E-state index contributed by atoms with van der Waals surface area (Å²) in [6, 6.07) is 14.1. The Kier molecular flexibility index (Phi) is 7.62. The fourth-order valence-corrected chi connectivity index (χ4v) is 4.70. The van der Waals surface area contributed by atoms with Gasteiger partial charge in [0.05, 0.1) is 31.2 Å². The van der Waals surface area contributed by atoms with E-state index in [0.717, 1.165) is 17.7 Å². The quantitative estimate of drug-likeness (QED) is 0.330. The molecule has 0 aliphatic carbocycles. The molecule has 2 atom stereocenters. The van der Waals surface area contributed by atoms with E-state index in [1.54, 1.807) is 19.2 Å². The number of carbonyl (C=O) groups excluding carboxylic acids is 3. The summed E-state index contributed by atoms with van der Waals surface area (Å²) < 4.78 is 5.19. The van der Waals surface area contributed by atoms with Crippen molar-refractivity contribution in [1.29, 1.82) is 0 Å². The van der Waals surface area contributed by atoms with Crippen LogP contribution >= 0.6 is 12.2 Å². The van der Waals surface area contributed by atoms with Crippen LogP contribution in [-0.4, -0.2) is 54.0 Å². The third-order valence-electron chi connectivity index (χ3n) is 6.27. The third kappa shape index (κ3) is 5.77. The Morgan fingerprint density at radius 2 is 1.91 bits per heavy atom. The normalized spacial score (nSPS) is 20.5. The fraction of sp³-hybridized carbons (Fsp3) is 0.360. The van der Waals surface area contributed by atoms with Crippen LogP contribution in [0.25, 0.3) is 0 Å². The summed E-state index contributed by atoms with van der Waals surface area (Å²) in [5.41, 5.74) is 7.69. The van der Waals surface area contributed by atoms with Crippen LogP contribution in [0, 0.1) is 12.8 Å². The first-order chi connectivity index (χ1) is 16.9. The lowest BCUT2D eigenvalue weighted by Gasteiger charge is -2.34. The van der Waals surface area contributed by atoms with Gasteiger partial charge in [0.2, 0.25) is 11.8 Å². The molecule has 2 aliphatic heterocycles. The van der Waals surface area contributed by atoms with E-state index in [-0.39, 0.29) is 35.2 Å². The van der Waals surface area contributed by atoms with Gasteiger partial charge in [-0.05, 0) is 68.4 Å². The minimum atomic E-state index is -0.553. The van der Waals surface area contributed by atoms with Gasteiger partial charge in [0, 0.05) is 18.3 Å².